The zero-order valence-electron chi connectivity index (χ0n) is 15.9. The topological polar surface area (TPSA) is 106 Å². The molecule has 8 heteroatoms. The smallest absolute Gasteiger partial charge is 0.346 e. The molecular formula is C22H16N2O5S. The summed E-state index contributed by atoms with van der Waals surface area (Å²) < 4.78 is 5.30. The van der Waals surface area contributed by atoms with Crippen LogP contribution in [0.4, 0.5) is 5.69 Å². The van der Waals surface area contributed by atoms with Gasteiger partial charge in [-0.05, 0) is 31.2 Å². The van der Waals surface area contributed by atoms with Gasteiger partial charge in [0.1, 0.15) is 15.9 Å². The number of Topliss-reactive ketones (excluding diaryl/α,β-unsaturated/α-hetero) is 1. The Morgan fingerprint density at radius 1 is 1.10 bits per heavy atom. The highest BCUT2D eigenvalue weighted by Gasteiger charge is 2.32. The number of rotatable bonds is 5. The molecule has 3 aromatic rings. The molecule has 4 rings (SSSR count). The number of para-hydroxylation sites is 1. The number of thioether (sulfide) groups is 1. The summed E-state index contributed by atoms with van der Waals surface area (Å²) >= 11 is 1.07. The van der Waals surface area contributed by atoms with Crippen LogP contribution in [0.1, 0.15) is 29.3 Å². The van der Waals surface area contributed by atoms with E-state index < -0.39 is 16.8 Å². The molecule has 0 saturated heterocycles. The number of carbonyl (C=O) groups excluding carboxylic acids is 3. The standard InChI is InChI=1S/C22H16N2O5S/c1-12(25)13-6-4-7-15(9-13)23-19(26)11-18-20(27)24-21(30-18)16-10-14-5-2-3-8-17(14)29-22(16)28/h2-10,18H,11H2,1H3,(H,23,26)/t18-/m1/s1. The zero-order valence-corrected chi connectivity index (χ0v) is 16.7. The average molecular weight is 420 g/mol. The van der Waals surface area contributed by atoms with Crippen LogP contribution in [0.3, 0.4) is 0 Å². The molecule has 2 aromatic carbocycles. The first-order chi connectivity index (χ1) is 14.4. The fraction of sp³-hybridized carbons (Fsp3) is 0.136. The second kappa shape index (κ2) is 8.08. The number of amides is 2. The third kappa shape index (κ3) is 4.08. The molecule has 1 atom stereocenters. The van der Waals surface area contributed by atoms with E-state index in [-0.39, 0.29) is 28.7 Å². The molecule has 0 bridgehead atoms. The number of ketones is 1. The van der Waals surface area contributed by atoms with Gasteiger partial charge < -0.3 is 9.73 Å². The fourth-order valence-electron chi connectivity index (χ4n) is 3.04. The molecule has 0 unspecified atom stereocenters. The highest BCUT2D eigenvalue weighted by molar-refractivity contribution is 8.16. The van der Waals surface area contributed by atoms with Crippen molar-refractivity contribution in [3.8, 4) is 0 Å². The molecule has 2 amide bonds. The molecular weight excluding hydrogens is 404 g/mol. The van der Waals surface area contributed by atoms with E-state index in [4.69, 9.17) is 4.42 Å². The Morgan fingerprint density at radius 2 is 1.90 bits per heavy atom. The second-order valence-corrected chi connectivity index (χ2v) is 7.93. The summed E-state index contributed by atoms with van der Waals surface area (Å²) in [6, 6.07) is 15.3. The van der Waals surface area contributed by atoms with Crippen molar-refractivity contribution >= 4 is 51.1 Å². The molecule has 2 heterocycles. The molecule has 1 aromatic heterocycles. The lowest BCUT2D eigenvalue weighted by molar-refractivity contribution is -0.121. The van der Waals surface area contributed by atoms with Gasteiger partial charge in [0.05, 0.1) is 5.56 Å². The van der Waals surface area contributed by atoms with Gasteiger partial charge in [0.25, 0.3) is 5.91 Å². The van der Waals surface area contributed by atoms with Crippen LogP contribution >= 0.6 is 11.8 Å². The molecule has 0 spiro atoms. The largest absolute Gasteiger partial charge is 0.422 e. The summed E-state index contributed by atoms with van der Waals surface area (Å²) in [5.41, 5.74) is 1.01. The lowest BCUT2D eigenvalue weighted by Crippen LogP contribution is -2.21. The number of hydrogen-bond acceptors (Lipinski definition) is 6. The van der Waals surface area contributed by atoms with Gasteiger partial charge in [-0.15, -0.1) is 0 Å². The van der Waals surface area contributed by atoms with Crippen molar-refractivity contribution < 1.29 is 18.8 Å². The number of aliphatic imine (C=N–C) groups is 1. The third-order valence-electron chi connectivity index (χ3n) is 4.54. The van der Waals surface area contributed by atoms with E-state index in [0.29, 0.717) is 16.8 Å². The van der Waals surface area contributed by atoms with E-state index in [2.05, 4.69) is 10.3 Å². The molecule has 0 saturated carbocycles. The number of carbonyl (C=O) groups is 3. The summed E-state index contributed by atoms with van der Waals surface area (Å²) in [4.78, 5) is 52.4. The summed E-state index contributed by atoms with van der Waals surface area (Å²) in [6.07, 6.45) is -0.111. The lowest BCUT2D eigenvalue weighted by Gasteiger charge is -2.09. The fourth-order valence-corrected chi connectivity index (χ4v) is 4.11. The SMILES string of the molecule is CC(=O)c1cccc(NC(=O)C[C@H]2SC(c3cc4ccccc4oc3=O)=NC2=O)c1. The van der Waals surface area contributed by atoms with Crippen LogP contribution in [0, 0.1) is 0 Å². The molecule has 30 heavy (non-hydrogen) atoms. The van der Waals surface area contributed by atoms with Crippen molar-refractivity contribution in [2.75, 3.05) is 5.32 Å². The van der Waals surface area contributed by atoms with Crippen molar-refractivity contribution in [2.45, 2.75) is 18.6 Å². The van der Waals surface area contributed by atoms with Gasteiger partial charge in [-0.1, -0.05) is 42.1 Å². The van der Waals surface area contributed by atoms with Gasteiger partial charge in [0, 0.05) is 23.1 Å². The summed E-state index contributed by atoms with van der Waals surface area (Å²) in [7, 11) is 0. The van der Waals surface area contributed by atoms with Crippen LogP contribution in [0.25, 0.3) is 11.0 Å². The van der Waals surface area contributed by atoms with Gasteiger partial charge in [0.15, 0.2) is 5.78 Å². The van der Waals surface area contributed by atoms with Gasteiger partial charge in [0.2, 0.25) is 5.91 Å². The Balaban J connectivity index is 1.47. The van der Waals surface area contributed by atoms with Gasteiger partial charge in [-0.2, -0.15) is 0 Å². The first-order valence-electron chi connectivity index (χ1n) is 9.14. The zero-order chi connectivity index (χ0) is 21.3. The van der Waals surface area contributed by atoms with E-state index in [1.807, 2.05) is 6.07 Å². The Hall–Kier alpha value is -3.52. The van der Waals surface area contributed by atoms with Crippen LogP contribution in [-0.4, -0.2) is 27.9 Å². The van der Waals surface area contributed by atoms with Crippen molar-refractivity contribution in [3.63, 3.8) is 0 Å². The minimum absolute atomic E-state index is 0.111. The maximum Gasteiger partial charge on any atom is 0.346 e. The minimum Gasteiger partial charge on any atom is -0.422 e. The predicted octanol–water partition coefficient (Wildman–Crippen LogP) is 3.41. The molecule has 0 aliphatic carbocycles. The molecule has 1 aliphatic heterocycles. The Kier molecular flexibility index (Phi) is 5.33. The van der Waals surface area contributed by atoms with Gasteiger partial charge in [-0.25, -0.2) is 9.79 Å². The Labute approximate surface area is 175 Å². The quantitative estimate of drug-likeness (QED) is 0.501. The molecule has 1 N–H and O–H groups in total. The Morgan fingerprint density at radius 3 is 2.70 bits per heavy atom. The monoisotopic (exact) mass is 420 g/mol. The van der Waals surface area contributed by atoms with E-state index in [1.54, 1.807) is 48.5 Å². The lowest BCUT2D eigenvalue weighted by atomic mass is 10.1. The highest BCUT2D eigenvalue weighted by Crippen LogP contribution is 2.29. The number of hydrogen-bond donors (Lipinski definition) is 1. The number of nitrogens with zero attached hydrogens (tertiary/aromatic N) is 1. The molecule has 0 radical (unpaired) electrons. The second-order valence-electron chi connectivity index (χ2n) is 6.74. The van der Waals surface area contributed by atoms with E-state index in [1.165, 1.54) is 6.92 Å². The minimum atomic E-state index is -0.734. The summed E-state index contributed by atoms with van der Waals surface area (Å²) in [5, 5.41) is 2.92. The van der Waals surface area contributed by atoms with Crippen LogP contribution in [0.15, 0.2) is 68.8 Å². The van der Waals surface area contributed by atoms with Crippen LogP contribution in [0.5, 0.6) is 0 Å². The summed E-state index contributed by atoms with van der Waals surface area (Å²) in [6.45, 7) is 1.44. The number of benzene rings is 2. The van der Waals surface area contributed by atoms with Crippen LogP contribution in [0.2, 0.25) is 0 Å². The maximum atomic E-state index is 12.4. The molecule has 7 nitrogen and oxygen atoms in total. The van der Waals surface area contributed by atoms with E-state index in [0.717, 1.165) is 17.1 Å². The van der Waals surface area contributed by atoms with Gasteiger partial charge >= 0.3 is 5.63 Å². The Bertz CT molecular complexity index is 1280. The first-order valence-corrected chi connectivity index (χ1v) is 10.0. The number of anilines is 1. The summed E-state index contributed by atoms with van der Waals surface area (Å²) in [5.74, 6) is -0.973. The average Bonchev–Trinajstić information content (AvgIpc) is 3.07. The maximum absolute atomic E-state index is 12.4. The van der Waals surface area contributed by atoms with Crippen molar-refractivity contribution in [2.24, 2.45) is 4.99 Å². The molecule has 0 fully saturated rings. The van der Waals surface area contributed by atoms with Crippen molar-refractivity contribution in [1.29, 1.82) is 0 Å². The van der Waals surface area contributed by atoms with Crippen molar-refractivity contribution in [1.82, 2.24) is 0 Å². The van der Waals surface area contributed by atoms with Crippen molar-refractivity contribution in [3.05, 3.63) is 76.1 Å². The van der Waals surface area contributed by atoms with Crippen LogP contribution < -0.4 is 10.9 Å². The normalized spacial score (nSPS) is 15.8. The van der Waals surface area contributed by atoms with E-state index in [9.17, 15) is 19.2 Å². The van der Waals surface area contributed by atoms with Gasteiger partial charge in [-0.3, -0.25) is 14.4 Å². The molecule has 150 valence electrons. The first kappa shape index (κ1) is 19.8. The number of nitrogens with one attached hydrogen (secondary N) is 1. The highest BCUT2D eigenvalue weighted by atomic mass is 32.2. The van der Waals surface area contributed by atoms with E-state index >= 15 is 0 Å². The third-order valence-corrected chi connectivity index (χ3v) is 5.72. The predicted molar refractivity (Wildman–Crippen MR) is 115 cm³/mol. The molecule has 1 aliphatic rings. The van der Waals surface area contributed by atoms with Crippen LogP contribution in [-0.2, 0) is 9.59 Å². The number of fused-ring (bicyclic) bond motifs is 1.